The summed E-state index contributed by atoms with van der Waals surface area (Å²) in [6, 6.07) is 6.50. The fraction of sp³-hybridized carbons (Fsp3) is 0.471. The predicted molar refractivity (Wildman–Crippen MR) is 85.9 cm³/mol. The molecule has 4 atom stereocenters. The highest BCUT2D eigenvalue weighted by atomic mass is 32.2. The number of rotatable bonds is 4. The lowest BCUT2D eigenvalue weighted by Gasteiger charge is -2.21. The summed E-state index contributed by atoms with van der Waals surface area (Å²) in [5.41, 5.74) is 1.27. The number of fused-ring (bicyclic) bond motifs is 1. The van der Waals surface area contributed by atoms with E-state index in [-0.39, 0.29) is 10.7 Å². The summed E-state index contributed by atoms with van der Waals surface area (Å²) in [5.74, 6) is -0.588. The number of hydrogen-bond acceptors (Lipinski definition) is 6. The number of ether oxygens (including phenoxy) is 2. The molecule has 0 bridgehead atoms. The van der Waals surface area contributed by atoms with Gasteiger partial charge >= 0.3 is 0 Å². The third-order valence-electron chi connectivity index (χ3n) is 4.60. The van der Waals surface area contributed by atoms with Gasteiger partial charge in [-0.25, -0.2) is 8.42 Å². The molecule has 3 rings (SSSR count). The summed E-state index contributed by atoms with van der Waals surface area (Å²) in [6.45, 7) is 4.41. The molecule has 0 aromatic heterocycles. The van der Waals surface area contributed by atoms with Crippen molar-refractivity contribution >= 4 is 15.6 Å². The van der Waals surface area contributed by atoms with Crippen molar-refractivity contribution in [3.8, 4) is 0 Å². The summed E-state index contributed by atoms with van der Waals surface area (Å²) < 4.78 is 37.4. The molecule has 0 radical (unpaired) electrons. The molecular formula is C17H20O6S. The molecule has 130 valence electrons. The molecule has 7 heteroatoms. The zero-order valence-corrected chi connectivity index (χ0v) is 14.5. The van der Waals surface area contributed by atoms with Crippen LogP contribution in [-0.2, 0) is 24.1 Å². The Morgan fingerprint density at radius 3 is 2.38 bits per heavy atom. The second kappa shape index (κ2) is 5.98. The van der Waals surface area contributed by atoms with E-state index < -0.39 is 40.0 Å². The Morgan fingerprint density at radius 1 is 1.21 bits per heavy atom. The molecular weight excluding hydrogens is 332 g/mol. The van der Waals surface area contributed by atoms with Gasteiger partial charge in [0.1, 0.15) is 17.1 Å². The Balaban J connectivity index is 2.09. The Morgan fingerprint density at radius 2 is 1.83 bits per heavy atom. The minimum atomic E-state index is -3.81. The third-order valence-corrected chi connectivity index (χ3v) is 6.84. The molecule has 0 aliphatic carbocycles. The van der Waals surface area contributed by atoms with Crippen LogP contribution < -0.4 is 0 Å². The molecule has 2 aliphatic heterocycles. The first-order valence-corrected chi connectivity index (χ1v) is 9.27. The number of ketones is 1. The van der Waals surface area contributed by atoms with Crippen LogP contribution in [0.15, 0.2) is 40.5 Å². The molecule has 24 heavy (non-hydrogen) atoms. The number of aliphatic hydroxyl groups excluding tert-OH is 1. The number of benzene rings is 1. The number of carbonyl (C=O) groups is 1. The second-order valence-corrected chi connectivity index (χ2v) is 8.32. The molecule has 0 amide bonds. The van der Waals surface area contributed by atoms with Crippen molar-refractivity contribution in [3.63, 3.8) is 0 Å². The first-order valence-electron chi connectivity index (χ1n) is 7.72. The van der Waals surface area contributed by atoms with Crippen molar-refractivity contribution in [2.75, 3.05) is 6.61 Å². The maximum absolute atomic E-state index is 13.2. The Hall–Kier alpha value is -1.70. The van der Waals surface area contributed by atoms with Crippen LogP contribution in [0.3, 0.4) is 0 Å². The number of aliphatic hydroxyl groups is 1. The van der Waals surface area contributed by atoms with Crippen molar-refractivity contribution in [1.29, 1.82) is 0 Å². The van der Waals surface area contributed by atoms with Crippen LogP contribution >= 0.6 is 0 Å². The topological polar surface area (TPSA) is 89.9 Å². The van der Waals surface area contributed by atoms with E-state index in [1.807, 2.05) is 6.92 Å². The van der Waals surface area contributed by atoms with Gasteiger partial charge in [-0.05, 0) is 32.9 Å². The Kier molecular flexibility index (Phi) is 4.27. The lowest BCUT2D eigenvalue weighted by Crippen LogP contribution is -2.39. The average Bonchev–Trinajstić information content (AvgIpc) is 3.01. The third kappa shape index (κ3) is 2.56. The largest absolute Gasteiger partial charge is 0.468 e. The molecule has 1 aromatic rings. The Labute approximate surface area is 141 Å². The van der Waals surface area contributed by atoms with Gasteiger partial charge in [-0.3, -0.25) is 4.79 Å². The highest BCUT2D eigenvalue weighted by Crippen LogP contribution is 2.45. The number of allylic oxidation sites excluding steroid dienone is 1. The lowest BCUT2D eigenvalue weighted by atomic mass is 9.93. The van der Waals surface area contributed by atoms with Crippen LogP contribution in [0.1, 0.15) is 19.4 Å². The molecule has 1 saturated heterocycles. The van der Waals surface area contributed by atoms with Gasteiger partial charge in [-0.1, -0.05) is 17.7 Å². The molecule has 2 aliphatic rings. The van der Waals surface area contributed by atoms with E-state index in [4.69, 9.17) is 9.47 Å². The summed E-state index contributed by atoms with van der Waals surface area (Å²) in [6.07, 6.45) is -1.79. The molecule has 2 heterocycles. The van der Waals surface area contributed by atoms with Crippen LogP contribution in [0.4, 0.5) is 0 Å². The molecule has 0 saturated carbocycles. The molecule has 0 spiro atoms. The van der Waals surface area contributed by atoms with Crippen molar-refractivity contribution < 1.29 is 27.8 Å². The van der Waals surface area contributed by atoms with Crippen molar-refractivity contribution in [1.82, 2.24) is 0 Å². The van der Waals surface area contributed by atoms with Crippen LogP contribution in [0, 0.1) is 12.8 Å². The van der Waals surface area contributed by atoms with E-state index in [0.29, 0.717) is 11.3 Å². The van der Waals surface area contributed by atoms with Gasteiger partial charge in [0.2, 0.25) is 6.29 Å². The van der Waals surface area contributed by atoms with E-state index in [1.54, 1.807) is 19.1 Å². The molecule has 1 fully saturated rings. The van der Waals surface area contributed by atoms with Crippen LogP contribution in [0.2, 0.25) is 0 Å². The Bertz CT molecular complexity index is 793. The van der Waals surface area contributed by atoms with Crippen LogP contribution in [0.5, 0.6) is 0 Å². The zero-order chi connectivity index (χ0) is 17.6. The quantitative estimate of drug-likeness (QED) is 0.880. The van der Waals surface area contributed by atoms with E-state index >= 15 is 0 Å². The standard InChI is InChI=1S/C17H20O6S/c1-9-4-6-12(7-5-9)24(20,21)16-13(8-18)23-17-15(16)14(10(2)19)11(3)22-17/h4-7,13,15-18H,8H2,1-3H3/t13-,15+,16-,17-/m1/s1. The van der Waals surface area contributed by atoms with Gasteiger partial charge in [0.15, 0.2) is 15.6 Å². The smallest absolute Gasteiger partial charge is 0.208 e. The van der Waals surface area contributed by atoms with E-state index in [9.17, 15) is 18.3 Å². The molecule has 6 nitrogen and oxygen atoms in total. The summed E-state index contributed by atoms with van der Waals surface area (Å²) in [7, 11) is -3.81. The zero-order valence-electron chi connectivity index (χ0n) is 13.7. The SMILES string of the molecule is CC(=O)C1=C(C)O[C@@H]2O[C@H](CO)[C@@H](S(=O)(=O)c3ccc(C)cc3)[C@H]12. The maximum atomic E-state index is 13.2. The minimum Gasteiger partial charge on any atom is -0.468 e. The molecule has 0 unspecified atom stereocenters. The number of Topliss-reactive ketones (excluding diaryl/α,β-unsaturated/α-hetero) is 1. The van der Waals surface area contributed by atoms with Gasteiger partial charge in [0.05, 0.1) is 17.4 Å². The fourth-order valence-corrected chi connectivity index (χ4v) is 5.53. The summed E-state index contributed by atoms with van der Waals surface area (Å²) in [4.78, 5) is 12.1. The van der Waals surface area contributed by atoms with Crippen molar-refractivity contribution in [2.24, 2.45) is 5.92 Å². The number of hydrogen-bond donors (Lipinski definition) is 1. The van der Waals surface area contributed by atoms with E-state index in [2.05, 4.69) is 0 Å². The van der Waals surface area contributed by atoms with Crippen LogP contribution in [-0.4, -0.2) is 43.6 Å². The van der Waals surface area contributed by atoms with Crippen LogP contribution in [0.25, 0.3) is 0 Å². The number of aryl methyl sites for hydroxylation is 1. The van der Waals surface area contributed by atoms with E-state index in [0.717, 1.165) is 5.56 Å². The fourth-order valence-electron chi connectivity index (χ4n) is 3.50. The minimum absolute atomic E-state index is 0.147. The van der Waals surface area contributed by atoms with Gasteiger partial charge < -0.3 is 14.6 Å². The summed E-state index contributed by atoms with van der Waals surface area (Å²) in [5, 5.41) is 8.53. The first-order chi connectivity index (χ1) is 11.3. The monoisotopic (exact) mass is 352 g/mol. The summed E-state index contributed by atoms with van der Waals surface area (Å²) >= 11 is 0. The van der Waals surface area contributed by atoms with Crippen molar-refractivity contribution in [2.45, 2.75) is 43.3 Å². The predicted octanol–water partition coefficient (Wildman–Crippen LogP) is 1.36. The maximum Gasteiger partial charge on any atom is 0.208 e. The van der Waals surface area contributed by atoms with Gasteiger partial charge in [0, 0.05) is 5.57 Å². The number of carbonyl (C=O) groups excluding carboxylic acids is 1. The molecule has 1 N–H and O–H groups in total. The highest BCUT2D eigenvalue weighted by Gasteiger charge is 2.57. The first kappa shape index (κ1) is 17.1. The highest BCUT2D eigenvalue weighted by molar-refractivity contribution is 7.92. The van der Waals surface area contributed by atoms with Gasteiger partial charge in [0.25, 0.3) is 0 Å². The van der Waals surface area contributed by atoms with Crippen molar-refractivity contribution in [3.05, 3.63) is 41.2 Å². The average molecular weight is 352 g/mol. The van der Waals surface area contributed by atoms with Gasteiger partial charge in [-0.15, -0.1) is 0 Å². The number of sulfone groups is 1. The lowest BCUT2D eigenvalue weighted by molar-refractivity contribution is -0.117. The normalized spacial score (nSPS) is 29.5. The second-order valence-electron chi connectivity index (χ2n) is 6.22. The van der Waals surface area contributed by atoms with Gasteiger partial charge in [-0.2, -0.15) is 0 Å². The van der Waals surface area contributed by atoms with E-state index in [1.165, 1.54) is 19.1 Å². The molecule has 1 aromatic carbocycles.